The SMILES string of the molecule is CCCn1cnc2nc(Cl)nc(NCCO)c21. The third-order valence-electron chi connectivity index (χ3n) is 2.31. The lowest BCUT2D eigenvalue weighted by atomic mass is 10.4. The maximum absolute atomic E-state index is 8.83. The van der Waals surface area contributed by atoms with Crippen molar-refractivity contribution in [2.24, 2.45) is 0 Å². The number of aryl methyl sites for hydroxylation is 1. The Morgan fingerprint density at radius 1 is 1.47 bits per heavy atom. The van der Waals surface area contributed by atoms with Crippen LogP contribution < -0.4 is 5.32 Å². The minimum Gasteiger partial charge on any atom is -0.395 e. The first-order valence-corrected chi connectivity index (χ1v) is 5.87. The maximum atomic E-state index is 8.83. The van der Waals surface area contributed by atoms with Gasteiger partial charge in [-0.2, -0.15) is 9.97 Å². The van der Waals surface area contributed by atoms with Crippen LogP contribution in [0.5, 0.6) is 0 Å². The molecular weight excluding hydrogens is 242 g/mol. The second kappa shape index (κ2) is 5.29. The lowest BCUT2D eigenvalue weighted by Crippen LogP contribution is -2.09. The van der Waals surface area contributed by atoms with Crippen LogP contribution in [-0.4, -0.2) is 37.8 Å². The van der Waals surface area contributed by atoms with Gasteiger partial charge in [0.25, 0.3) is 0 Å². The molecular formula is C10H14ClN5O. The number of hydrogen-bond donors (Lipinski definition) is 2. The first kappa shape index (κ1) is 12.1. The van der Waals surface area contributed by atoms with Crippen molar-refractivity contribution in [2.45, 2.75) is 19.9 Å². The molecule has 0 fully saturated rings. The molecule has 2 aromatic rings. The molecule has 2 N–H and O–H groups in total. The van der Waals surface area contributed by atoms with E-state index in [2.05, 4.69) is 27.2 Å². The van der Waals surface area contributed by atoms with Gasteiger partial charge in [0.05, 0.1) is 12.9 Å². The molecule has 0 aliphatic rings. The van der Waals surface area contributed by atoms with Crippen LogP contribution in [0.25, 0.3) is 11.2 Å². The van der Waals surface area contributed by atoms with Crippen molar-refractivity contribution < 1.29 is 5.11 Å². The number of fused-ring (bicyclic) bond motifs is 1. The van der Waals surface area contributed by atoms with E-state index in [1.54, 1.807) is 6.33 Å². The third kappa shape index (κ3) is 2.48. The summed E-state index contributed by atoms with van der Waals surface area (Å²) in [7, 11) is 0. The fourth-order valence-electron chi connectivity index (χ4n) is 1.66. The first-order chi connectivity index (χ1) is 8.26. The van der Waals surface area contributed by atoms with E-state index in [0.717, 1.165) is 18.5 Å². The molecule has 2 heterocycles. The summed E-state index contributed by atoms with van der Waals surface area (Å²) in [5.74, 6) is 0.611. The molecule has 92 valence electrons. The molecule has 6 nitrogen and oxygen atoms in total. The first-order valence-electron chi connectivity index (χ1n) is 5.49. The van der Waals surface area contributed by atoms with Gasteiger partial charge in [0.1, 0.15) is 5.52 Å². The van der Waals surface area contributed by atoms with Gasteiger partial charge < -0.3 is 15.0 Å². The van der Waals surface area contributed by atoms with E-state index < -0.39 is 0 Å². The molecule has 0 radical (unpaired) electrons. The Morgan fingerprint density at radius 3 is 3.00 bits per heavy atom. The molecule has 0 aliphatic heterocycles. The highest BCUT2D eigenvalue weighted by Gasteiger charge is 2.11. The van der Waals surface area contributed by atoms with Crippen LogP contribution in [-0.2, 0) is 6.54 Å². The van der Waals surface area contributed by atoms with Crippen LogP contribution in [0.2, 0.25) is 5.28 Å². The Labute approximate surface area is 104 Å². The van der Waals surface area contributed by atoms with E-state index in [-0.39, 0.29) is 11.9 Å². The van der Waals surface area contributed by atoms with Gasteiger partial charge in [-0.15, -0.1) is 0 Å². The lowest BCUT2D eigenvalue weighted by Gasteiger charge is -2.08. The van der Waals surface area contributed by atoms with Crippen LogP contribution in [0, 0.1) is 0 Å². The number of hydrogen-bond acceptors (Lipinski definition) is 5. The van der Waals surface area contributed by atoms with Crippen LogP contribution in [0.3, 0.4) is 0 Å². The van der Waals surface area contributed by atoms with Gasteiger partial charge in [-0.25, -0.2) is 4.98 Å². The van der Waals surface area contributed by atoms with Crippen molar-refractivity contribution in [2.75, 3.05) is 18.5 Å². The maximum Gasteiger partial charge on any atom is 0.226 e. The molecule has 0 unspecified atom stereocenters. The van der Waals surface area contributed by atoms with E-state index in [1.807, 2.05) is 4.57 Å². The largest absolute Gasteiger partial charge is 0.395 e. The quantitative estimate of drug-likeness (QED) is 0.788. The average Bonchev–Trinajstić information content (AvgIpc) is 2.69. The number of aliphatic hydroxyl groups is 1. The molecule has 0 aliphatic carbocycles. The Bertz CT molecular complexity index is 513. The van der Waals surface area contributed by atoms with Crippen molar-refractivity contribution in [3.8, 4) is 0 Å². The smallest absolute Gasteiger partial charge is 0.226 e. The zero-order valence-corrected chi connectivity index (χ0v) is 10.3. The van der Waals surface area contributed by atoms with Gasteiger partial charge in [-0.3, -0.25) is 0 Å². The molecule has 0 amide bonds. The number of aromatic nitrogens is 4. The molecule has 0 saturated carbocycles. The van der Waals surface area contributed by atoms with Gasteiger partial charge in [0.2, 0.25) is 5.28 Å². The van der Waals surface area contributed by atoms with Gasteiger partial charge in [0, 0.05) is 13.1 Å². The molecule has 2 rings (SSSR count). The van der Waals surface area contributed by atoms with Crippen molar-refractivity contribution in [1.29, 1.82) is 0 Å². The monoisotopic (exact) mass is 255 g/mol. The minimum absolute atomic E-state index is 0.0328. The van der Waals surface area contributed by atoms with Crippen molar-refractivity contribution in [3.05, 3.63) is 11.6 Å². The van der Waals surface area contributed by atoms with Crippen LogP contribution in [0.4, 0.5) is 5.82 Å². The van der Waals surface area contributed by atoms with Crippen molar-refractivity contribution in [3.63, 3.8) is 0 Å². The van der Waals surface area contributed by atoms with Gasteiger partial charge >= 0.3 is 0 Å². The summed E-state index contributed by atoms with van der Waals surface area (Å²) in [6.07, 6.45) is 2.72. The van der Waals surface area contributed by atoms with Crippen molar-refractivity contribution >= 4 is 28.6 Å². The van der Waals surface area contributed by atoms with E-state index in [9.17, 15) is 0 Å². The number of rotatable bonds is 5. The molecule has 17 heavy (non-hydrogen) atoms. The molecule has 0 spiro atoms. The van der Waals surface area contributed by atoms with E-state index in [4.69, 9.17) is 16.7 Å². The topological polar surface area (TPSA) is 75.9 Å². The second-order valence-corrected chi connectivity index (χ2v) is 3.94. The Balaban J connectivity index is 2.49. The number of aliphatic hydroxyl groups excluding tert-OH is 1. The number of imidazole rings is 1. The Kier molecular flexibility index (Phi) is 3.75. The summed E-state index contributed by atoms with van der Waals surface area (Å²) in [5.41, 5.74) is 1.39. The standard InChI is InChI=1S/C10H14ClN5O/c1-2-4-16-6-13-9-7(16)8(12-3-5-17)14-10(11)15-9/h6,17H,2-5H2,1H3,(H,12,14,15). The fourth-order valence-corrected chi connectivity index (χ4v) is 1.83. The fraction of sp³-hybridized carbons (Fsp3) is 0.500. The molecule has 0 atom stereocenters. The molecule has 2 aromatic heterocycles. The summed E-state index contributed by atoms with van der Waals surface area (Å²) in [6.45, 7) is 3.38. The molecule has 7 heteroatoms. The molecule has 0 aromatic carbocycles. The van der Waals surface area contributed by atoms with E-state index >= 15 is 0 Å². The highest BCUT2D eigenvalue weighted by molar-refractivity contribution is 6.28. The van der Waals surface area contributed by atoms with Crippen LogP contribution >= 0.6 is 11.6 Å². The summed E-state index contributed by atoms with van der Waals surface area (Å²) >= 11 is 5.82. The summed E-state index contributed by atoms with van der Waals surface area (Å²) < 4.78 is 1.98. The van der Waals surface area contributed by atoms with Gasteiger partial charge in [0.15, 0.2) is 11.5 Å². The average molecular weight is 256 g/mol. The van der Waals surface area contributed by atoms with Crippen LogP contribution in [0.1, 0.15) is 13.3 Å². The highest BCUT2D eigenvalue weighted by Crippen LogP contribution is 2.21. The lowest BCUT2D eigenvalue weighted by molar-refractivity contribution is 0.311. The number of nitrogens with one attached hydrogen (secondary N) is 1. The van der Waals surface area contributed by atoms with Crippen LogP contribution in [0.15, 0.2) is 6.33 Å². The van der Waals surface area contributed by atoms with Gasteiger partial charge in [-0.1, -0.05) is 6.92 Å². The molecule has 0 saturated heterocycles. The number of halogens is 1. The highest BCUT2D eigenvalue weighted by atomic mass is 35.5. The summed E-state index contributed by atoms with van der Waals surface area (Å²) in [5, 5.41) is 12.0. The predicted molar refractivity (Wildman–Crippen MR) is 66.2 cm³/mol. The van der Waals surface area contributed by atoms with Crippen molar-refractivity contribution in [1.82, 2.24) is 19.5 Å². The normalized spacial score (nSPS) is 11.0. The summed E-state index contributed by atoms with van der Waals surface area (Å²) in [4.78, 5) is 12.4. The van der Waals surface area contributed by atoms with E-state index in [0.29, 0.717) is 18.0 Å². The third-order valence-corrected chi connectivity index (χ3v) is 2.48. The Morgan fingerprint density at radius 2 is 2.29 bits per heavy atom. The Hall–Kier alpha value is -1.40. The molecule has 0 bridgehead atoms. The number of nitrogens with zero attached hydrogens (tertiary/aromatic N) is 4. The van der Waals surface area contributed by atoms with Gasteiger partial charge in [-0.05, 0) is 18.0 Å². The summed E-state index contributed by atoms with van der Waals surface area (Å²) in [6, 6.07) is 0. The minimum atomic E-state index is 0.0328. The predicted octanol–water partition coefficient (Wildman–Crippen LogP) is 1.29. The zero-order valence-electron chi connectivity index (χ0n) is 9.52. The number of anilines is 1. The van der Waals surface area contributed by atoms with E-state index in [1.165, 1.54) is 0 Å². The second-order valence-electron chi connectivity index (χ2n) is 3.60. The zero-order chi connectivity index (χ0) is 12.3.